The number of aromatic amines is 1. The fourth-order valence-electron chi connectivity index (χ4n) is 4.59. The molecular formula is C23H29N3O2. The van der Waals surface area contributed by atoms with Gasteiger partial charge in [-0.15, -0.1) is 0 Å². The van der Waals surface area contributed by atoms with E-state index in [0.29, 0.717) is 11.6 Å². The average Bonchev–Trinajstić information content (AvgIpc) is 2.75. The van der Waals surface area contributed by atoms with Gasteiger partial charge in [-0.25, -0.2) is 0 Å². The summed E-state index contributed by atoms with van der Waals surface area (Å²) in [6.45, 7) is 2.14. The molecular weight excluding hydrogens is 350 g/mol. The number of hydrogen-bond donors (Lipinski definition) is 2. The van der Waals surface area contributed by atoms with Crippen LogP contribution in [0.15, 0.2) is 47.3 Å². The van der Waals surface area contributed by atoms with E-state index in [0.717, 1.165) is 30.6 Å². The molecule has 1 saturated carbocycles. The molecule has 2 fully saturated rings. The number of benzene rings is 1. The first-order valence-corrected chi connectivity index (χ1v) is 10.5. The predicted octanol–water partition coefficient (Wildman–Crippen LogP) is 3.57. The smallest absolute Gasteiger partial charge is 0.251 e. The number of H-pyrrole nitrogens is 1. The first-order valence-electron chi connectivity index (χ1n) is 10.5. The van der Waals surface area contributed by atoms with Crippen molar-refractivity contribution in [3.05, 3.63) is 58.4 Å². The van der Waals surface area contributed by atoms with Gasteiger partial charge >= 0.3 is 0 Å². The topological polar surface area (TPSA) is 65.2 Å². The average molecular weight is 380 g/mol. The SMILES string of the molecule is O=C(N[C@H]1CCCN(C2CCCCC2)C1)c1ccc(-c2cccc(=O)[nH]2)cc1. The molecule has 1 aromatic carbocycles. The summed E-state index contributed by atoms with van der Waals surface area (Å²) in [5, 5.41) is 3.23. The molecule has 4 rings (SSSR count). The van der Waals surface area contributed by atoms with Gasteiger partial charge in [-0.3, -0.25) is 14.5 Å². The predicted molar refractivity (Wildman–Crippen MR) is 111 cm³/mol. The molecule has 1 aliphatic heterocycles. The van der Waals surface area contributed by atoms with Crippen molar-refractivity contribution < 1.29 is 4.79 Å². The van der Waals surface area contributed by atoms with Crippen LogP contribution in [0.3, 0.4) is 0 Å². The van der Waals surface area contributed by atoms with E-state index in [4.69, 9.17) is 0 Å². The number of hydrogen-bond acceptors (Lipinski definition) is 3. The van der Waals surface area contributed by atoms with Crippen molar-refractivity contribution in [2.45, 2.75) is 57.0 Å². The first-order chi connectivity index (χ1) is 13.7. The van der Waals surface area contributed by atoms with E-state index < -0.39 is 0 Å². The third kappa shape index (κ3) is 4.53. The number of pyridine rings is 1. The van der Waals surface area contributed by atoms with Crippen LogP contribution in [-0.4, -0.2) is 41.0 Å². The summed E-state index contributed by atoms with van der Waals surface area (Å²) in [6.07, 6.45) is 8.89. The number of rotatable bonds is 4. The van der Waals surface area contributed by atoms with Crippen LogP contribution in [0.1, 0.15) is 55.3 Å². The Labute approximate surface area is 166 Å². The van der Waals surface area contributed by atoms with Gasteiger partial charge in [0.05, 0.1) is 0 Å². The molecule has 0 bridgehead atoms. The van der Waals surface area contributed by atoms with E-state index >= 15 is 0 Å². The van der Waals surface area contributed by atoms with Crippen LogP contribution in [0.4, 0.5) is 0 Å². The molecule has 5 heteroatoms. The van der Waals surface area contributed by atoms with Crippen LogP contribution in [0.25, 0.3) is 11.3 Å². The lowest BCUT2D eigenvalue weighted by molar-refractivity contribution is 0.0835. The van der Waals surface area contributed by atoms with Gasteiger partial charge in [0.1, 0.15) is 0 Å². The van der Waals surface area contributed by atoms with Crippen LogP contribution < -0.4 is 10.9 Å². The van der Waals surface area contributed by atoms with Crippen molar-refractivity contribution in [3.63, 3.8) is 0 Å². The van der Waals surface area contributed by atoms with Crippen molar-refractivity contribution in [1.29, 1.82) is 0 Å². The van der Waals surface area contributed by atoms with Crippen LogP contribution in [0.2, 0.25) is 0 Å². The Balaban J connectivity index is 1.37. The third-order valence-electron chi connectivity index (χ3n) is 6.11. The van der Waals surface area contributed by atoms with E-state index in [1.807, 2.05) is 30.3 Å². The number of amides is 1. The van der Waals surface area contributed by atoms with Gasteiger partial charge in [-0.05, 0) is 56.0 Å². The quantitative estimate of drug-likeness (QED) is 0.854. The molecule has 1 aliphatic carbocycles. The molecule has 1 saturated heterocycles. The highest BCUT2D eigenvalue weighted by Gasteiger charge is 2.27. The van der Waals surface area contributed by atoms with Crippen LogP contribution in [-0.2, 0) is 0 Å². The Morgan fingerprint density at radius 3 is 2.50 bits per heavy atom. The van der Waals surface area contributed by atoms with Crippen molar-refractivity contribution in [2.75, 3.05) is 13.1 Å². The molecule has 1 atom stereocenters. The number of carbonyl (C=O) groups is 1. The second kappa shape index (κ2) is 8.74. The van der Waals surface area contributed by atoms with Gasteiger partial charge in [0.2, 0.25) is 5.56 Å². The van der Waals surface area contributed by atoms with E-state index in [-0.39, 0.29) is 17.5 Å². The minimum Gasteiger partial charge on any atom is -0.348 e. The Hall–Kier alpha value is -2.40. The highest BCUT2D eigenvalue weighted by atomic mass is 16.1. The van der Waals surface area contributed by atoms with E-state index in [2.05, 4.69) is 15.2 Å². The monoisotopic (exact) mass is 379 g/mol. The maximum atomic E-state index is 12.7. The maximum absolute atomic E-state index is 12.7. The molecule has 28 heavy (non-hydrogen) atoms. The summed E-state index contributed by atoms with van der Waals surface area (Å²) in [4.78, 5) is 29.6. The van der Waals surface area contributed by atoms with E-state index in [1.54, 1.807) is 6.07 Å². The fourth-order valence-corrected chi connectivity index (χ4v) is 4.59. The largest absolute Gasteiger partial charge is 0.348 e. The highest BCUT2D eigenvalue weighted by molar-refractivity contribution is 5.94. The summed E-state index contributed by atoms with van der Waals surface area (Å²) in [5.74, 6) is -0.0106. The van der Waals surface area contributed by atoms with Gasteiger partial charge in [0, 0.05) is 36.0 Å². The molecule has 2 N–H and O–H groups in total. The number of carbonyl (C=O) groups excluding carboxylic acids is 1. The molecule has 148 valence electrons. The second-order valence-electron chi connectivity index (χ2n) is 8.11. The number of nitrogens with one attached hydrogen (secondary N) is 2. The summed E-state index contributed by atoms with van der Waals surface area (Å²) in [5.41, 5.74) is 2.20. The van der Waals surface area contributed by atoms with Gasteiger partial charge in [-0.1, -0.05) is 37.5 Å². The molecule has 0 unspecified atom stereocenters. The number of likely N-dealkylation sites (tertiary alicyclic amines) is 1. The van der Waals surface area contributed by atoms with Gasteiger partial charge in [0.25, 0.3) is 5.91 Å². The molecule has 1 amide bonds. The molecule has 2 aromatic rings. The maximum Gasteiger partial charge on any atom is 0.251 e. The summed E-state index contributed by atoms with van der Waals surface area (Å²) in [6, 6.07) is 13.5. The Bertz CT molecular complexity index is 853. The zero-order valence-electron chi connectivity index (χ0n) is 16.3. The van der Waals surface area contributed by atoms with Crippen LogP contribution in [0.5, 0.6) is 0 Å². The van der Waals surface area contributed by atoms with Crippen molar-refractivity contribution >= 4 is 5.91 Å². The van der Waals surface area contributed by atoms with Crippen molar-refractivity contribution in [2.24, 2.45) is 0 Å². The van der Waals surface area contributed by atoms with Gasteiger partial charge in [-0.2, -0.15) is 0 Å². The molecule has 0 spiro atoms. The second-order valence-corrected chi connectivity index (χ2v) is 8.11. The fraction of sp³-hybridized carbons (Fsp3) is 0.478. The Morgan fingerprint density at radius 2 is 1.75 bits per heavy atom. The van der Waals surface area contributed by atoms with Crippen molar-refractivity contribution in [1.82, 2.24) is 15.2 Å². The van der Waals surface area contributed by atoms with E-state index in [1.165, 1.54) is 44.7 Å². The summed E-state index contributed by atoms with van der Waals surface area (Å²) >= 11 is 0. The Kier molecular flexibility index (Phi) is 5.91. The standard InChI is InChI=1S/C23H29N3O2/c27-22-10-4-9-21(25-22)17-11-13-18(14-12-17)23(28)24-19-6-5-15-26(16-19)20-7-2-1-3-8-20/h4,9-14,19-20H,1-3,5-8,15-16H2,(H,24,28)(H,25,27)/t19-/m0/s1. The number of aromatic nitrogens is 1. The molecule has 5 nitrogen and oxygen atoms in total. The zero-order chi connectivity index (χ0) is 19.3. The van der Waals surface area contributed by atoms with Gasteiger partial charge < -0.3 is 10.3 Å². The van der Waals surface area contributed by atoms with Crippen LogP contribution in [0, 0.1) is 0 Å². The lowest BCUT2D eigenvalue weighted by atomic mass is 9.92. The highest BCUT2D eigenvalue weighted by Crippen LogP contribution is 2.25. The van der Waals surface area contributed by atoms with E-state index in [9.17, 15) is 9.59 Å². The lowest BCUT2D eigenvalue weighted by Gasteiger charge is -2.40. The lowest BCUT2D eigenvalue weighted by Crippen LogP contribution is -2.51. The minimum atomic E-state index is -0.126. The molecule has 2 heterocycles. The number of nitrogens with zero attached hydrogens (tertiary/aromatic N) is 1. The minimum absolute atomic E-state index is 0.0106. The first kappa shape index (κ1) is 18.9. The summed E-state index contributed by atoms with van der Waals surface area (Å²) in [7, 11) is 0. The molecule has 2 aliphatic rings. The third-order valence-corrected chi connectivity index (χ3v) is 6.11. The van der Waals surface area contributed by atoms with Crippen LogP contribution >= 0.6 is 0 Å². The molecule has 1 aromatic heterocycles. The van der Waals surface area contributed by atoms with Gasteiger partial charge in [0.15, 0.2) is 0 Å². The normalized spacial score (nSPS) is 21.4. The Morgan fingerprint density at radius 1 is 0.964 bits per heavy atom. The zero-order valence-corrected chi connectivity index (χ0v) is 16.3. The number of piperidine rings is 1. The summed E-state index contributed by atoms with van der Waals surface area (Å²) < 4.78 is 0. The molecule has 0 radical (unpaired) electrons. The van der Waals surface area contributed by atoms with Crippen molar-refractivity contribution in [3.8, 4) is 11.3 Å².